The first-order valence-corrected chi connectivity index (χ1v) is 5.03. The van der Waals surface area contributed by atoms with E-state index in [0.717, 1.165) is 21.6 Å². The molecule has 0 aliphatic carbocycles. The van der Waals surface area contributed by atoms with E-state index in [9.17, 15) is 9.90 Å². The van der Waals surface area contributed by atoms with Gasteiger partial charge in [-0.1, -0.05) is 11.3 Å². The van der Waals surface area contributed by atoms with Gasteiger partial charge in [-0.25, -0.2) is 0 Å². The van der Waals surface area contributed by atoms with Crippen LogP contribution in [-0.4, -0.2) is 16.7 Å². The van der Waals surface area contributed by atoms with Gasteiger partial charge < -0.3 is 14.8 Å². The van der Waals surface area contributed by atoms with E-state index in [4.69, 9.17) is 4.74 Å². The van der Waals surface area contributed by atoms with E-state index < -0.39 is 0 Å². The van der Waals surface area contributed by atoms with Crippen molar-refractivity contribution >= 4 is 21.6 Å². The SMILES string of the molecule is O=c1[nH]c2cc(O)cc([C@@H]3CO3)c2s1. The summed E-state index contributed by atoms with van der Waals surface area (Å²) in [6, 6.07) is 3.21. The van der Waals surface area contributed by atoms with Crippen molar-refractivity contribution in [1.82, 2.24) is 4.98 Å². The average molecular weight is 209 g/mol. The van der Waals surface area contributed by atoms with Crippen molar-refractivity contribution in [2.24, 2.45) is 0 Å². The standard InChI is InChI=1S/C9H7NO3S/c11-4-1-5(7-3-13-7)8-6(2-4)10-9(12)14-8/h1-2,7,11H,3H2,(H,10,12)/t7-/m0/s1. The maximum Gasteiger partial charge on any atom is 0.305 e. The molecule has 0 bridgehead atoms. The molecule has 4 nitrogen and oxygen atoms in total. The lowest BCUT2D eigenvalue weighted by Gasteiger charge is -1.98. The molecule has 0 radical (unpaired) electrons. The first kappa shape index (κ1) is 8.02. The van der Waals surface area contributed by atoms with Gasteiger partial charge in [0.05, 0.1) is 16.8 Å². The summed E-state index contributed by atoms with van der Waals surface area (Å²) < 4.78 is 6.03. The summed E-state index contributed by atoms with van der Waals surface area (Å²) in [5.41, 5.74) is 1.59. The van der Waals surface area contributed by atoms with Crippen molar-refractivity contribution in [3.63, 3.8) is 0 Å². The van der Waals surface area contributed by atoms with Gasteiger partial charge in [0.1, 0.15) is 11.9 Å². The second-order valence-corrected chi connectivity index (χ2v) is 4.23. The number of ether oxygens (including phenoxy) is 1. The van der Waals surface area contributed by atoms with Crippen molar-refractivity contribution in [1.29, 1.82) is 0 Å². The Hall–Kier alpha value is -1.33. The molecule has 1 saturated heterocycles. The molecule has 1 aliphatic heterocycles. The van der Waals surface area contributed by atoms with Gasteiger partial charge in [-0.15, -0.1) is 0 Å². The minimum Gasteiger partial charge on any atom is -0.508 e. The van der Waals surface area contributed by atoms with Crippen LogP contribution in [0.5, 0.6) is 5.75 Å². The molecule has 2 heterocycles. The highest BCUT2D eigenvalue weighted by Gasteiger charge is 2.28. The van der Waals surface area contributed by atoms with Crippen LogP contribution in [0.4, 0.5) is 0 Å². The molecule has 1 aliphatic rings. The quantitative estimate of drug-likeness (QED) is 0.697. The molecule has 14 heavy (non-hydrogen) atoms. The zero-order chi connectivity index (χ0) is 9.71. The Kier molecular flexibility index (Phi) is 1.48. The molecular formula is C9H7NO3S. The summed E-state index contributed by atoms with van der Waals surface area (Å²) >= 11 is 1.15. The number of epoxide rings is 1. The fourth-order valence-electron chi connectivity index (χ4n) is 1.54. The number of aromatic hydroxyl groups is 1. The third-order valence-electron chi connectivity index (χ3n) is 2.21. The number of aromatic nitrogens is 1. The highest BCUT2D eigenvalue weighted by Crippen LogP contribution is 2.37. The second-order valence-electron chi connectivity index (χ2n) is 3.25. The molecule has 2 aromatic rings. The summed E-state index contributed by atoms with van der Waals surface area (Å²) in [5.74, 6) is 0.164. The van der Waals surface area contributed by atoms with Crippen LogP contribution >= 0.6 is 11.3 Å². The van der Waals surface area contributed by atoms with Crippen molar-refractivity contribution in [2.45, 2.75) is 6.10 Å². The first-order chi connectivity index (χ1) is 6.74. The number of fused-ring (bicyclic) bond motifs is 1. The summed E-state index contributed by atoms with van der Waals surface area (Å²) in [7, 11) is 0. The predicted molar refractivity (Wildman–Crippen MR) is 52.8 cm³/mol. The molecule has 72 valence electrons. The number of rotatable bonds is 1. The molecule has 1 aromatic carbocycles. The molecule has 0 unspecified atom stereocenters. The number of hydrogen-bond acceptors (Lipinski definition) is 4. The Labute approximate surface area is 82.8 Å². The fourth-order valence-corrected chi connectivity index (χ4v) is 2.41. The van der Waals surface area contributed by atoms with Gasteiger partial charge in [0.15, 0.2) is 0 Å². The average Bonchev–Trinajstić information content (AvgIpc) is 2.87. The zero-order valence-electron chi connectivity index (χ0n) is 7.11. The molecule has 0 spiro atoms. The number of phenolic OH excluding ortho intramolecular Hbond substituents is 1. The number of benzene rings is 1. The second kappa shape index (κ2) is 2.59. The minimum atomic E-state index is -0.104. The van der Waals surface area contributed by atoms with Crippen LogP contribution in [0.3, 0.4) is 0 Å². The van der Waals surface area contributed by atoms with Gasteiger partial charge in [0.25, 0.3) is 0 Å². The Morgan fingerprint density at radius 1 is 1.57 bits per heavy atom. The lowest BCUT2D eigenvalue weighted by Crippen LogP contribution is -1.89. The highest BCUT2D eigenvalue weighted by molar-refractivity contribution is 7.16. The van der Waals surface area contributed by atoms with Gasteiger partial charge in [0, 0.05) is 11.6 Å². The maximum atomic E-state index is 11.1. The summed E-state index contributed by atoms with van der Waals surface area (Å²) in [6.07, 6.45) is 0.0519. The van der Waals surface area contributed by atoms with Crippen LogP contribution in [0, 0.1) is 0 Å². The van der Waals surface area contributed by atoms with E-state index in [2.05, 4.69) is 4.98 Å². The number of H-pyrrole nitrogens is 1. The number of phenols is 1. The van der Waals surface area contributed by atoms with Gasteiger partial charge in [-0.05, 0) is 6.07 Å². The van der Waals surface area contributed by atoms with Gasteiger partial charge in [-0.2, -0.15) is 0 Å². The van der Waals surface area contributed by atoms with Crippen molar-refractivity contribution in [3.8, 4) is 5.75 Å². The Morgan fingerprint density at radius 3 is 3.07 bits per heavy atom. The van der Waals surface area contributed by atoms with E-state index in [0.29, 0.717) is 12.1 Å². The van der Waals surface area contributed by atoms with E-state index in [1.165, 1.54) is 0 Å². The van der Waals surface area contributed by atoms with E-state index in [1.807, 2.05) is 0 Å². The van der Waals surface area contributed by atoms with Gasteiger partial charge in [0.2, 0.25) is 0 Å². The molecule has 1 aromatic heterocycles. The number of nitrogens with one attached hydrogen (secondary N) is 1. The van der Waals surface area contributed by atoms with Crippen molar-refractivity contribution in [2.75, 3.05) is 6.61 Å². The zero-order valence-corrected chi connectivity index (χ0v) is 7.93. The molecule has 0 saturated carbocycles. The molecule has 1 atom stereocenters. The third kappa shape index (κ3) is 1.13. The lowest BCUT2D eigenvalue weighted by atomic mass is 10.1. The number of aromatic amines is 1. The predicted octanol–water partition coefficient (Wildman–Crippen LogP) is 1.37. The van der Waals surface area contributed by atoms with Crippen molar-refractivity contribution < 1.29 is 9.84 Å². The number of thiazole rings is 1. The number of hydrogen-bond donors (Lipinski definition) is 2. The van der Waals surface area contributed by atoms with Crippen LogP contribution in [0.2, 0.25) is 0 Å². The summed E-state index contributed by atoms with van der Waals surface area (Å²) in [4.78, 5) is 13.7. The minimum absolute atomic E-state index is 0.0519. The highest BCUT2D eigenvalue weighted by atomic mass is 32.1. The Morgan fingerprint density at radius 2 is 2.36 bits per heavy atom. The van der Waals surface area contributed by atoms with E-state index in [1.54, 1.807) is 12.1 Å². The Balaban J connectivity index is 2.39. The third-order valence-corrected chi connectivity index (χ3v) is 3.16. The van der Waals surface area contributed by atoms with Crippen molar-refractivity contribution in [3.05, 3.63) is 27.4 Å². The monoisotopic (exact) mass is 209 g/mol. The molecule has 3 rings (SSSR count). The smallest absolute Gasteiger partial charge is 0.305 e. The van der Waals surface area contributed by atoms with Crippen LogP contribution < -0.4 is 4.87 Å². The molecule has 5 heteroatoms. The topological polar surface area (TPSA) is 65.6 Å². The maximum absolute atomic E-state index is 11.1. The van der Waals surface area contributed by atoms with Crippen LogP contribution in [-0.2, 0) is 4.74 Å². The summed E-state index contributed by atoms with van der Waals surface area (Å²) in [5, 5.41) is 9.42. The largest absolute Gasteiger partial charge is 0.508 e. The van der Waals surface area contributed by atoms with Crippen LogP contribution in [0.25, 0.3) is 10.2 Å². The van der Waals surface area contributed by atoms with Gasteiger partial charge >= 0.3 is 4.87 Å². The van der Waals surface area contributed by atoms with Crippen LogP contribution in [0.1, 0.15) is 11.7 Å². The molecule has 2 N–H and O–H groups in total. The molecule has 0 amide bonds. The van der Waals surface area contributed by atoms with Crippen LogP contribution in [0.15, 0.2) is 16.9 Å². The molecular weight excluding hydrogens is 202 g/mol. The fraction of sp³-hybridized carbons (Fsp3) is 0.222. The van der Waals surface area contributed by atoms with Gasteiger partial charge in [-0.3, -0.25) is 4.79 Å². The molecule has 1 fully saturated rings. The lowest BCUT2D eigenvalue weighted by molar-refractivity contribution is 0.415. The van der Waals surface area contributed by atoms with E-state index >= 15 is 0 Å². The van der Waals surface area contributed by atoms with E-state index in [-0.39, 0.29) is 16.7 Å². The normalized spacial score (nSPS) is 20.1. The Bertz CT molecular complexity index is 553. The summed E-state index contributed by atoms with van der Waals surface area (Å²) in [6.45, 7) is 0.671. The first-order valence-electron chi connectivity index (χ1n) is 4.21.